The van der Waals surface area contributed by atoms with Crippen LogP contribution in [0.15, 0.2) is 24.3 Å². The molecule has 1 fully saturated rings. The van der Waals surface area contributed by atoms with Crippen molar-refractivity contribution in [1.82, 2.24) is 0 Å². The molecule has 0 spiro atoms. The van der Waals surface area contributed by atoms with Gasteiger partial charge in [0.05, 0.1) is 6.61 Å². The van der Waals surface area contributed by atoms with E-state index in [0.717, 1.165) is 0 Å². The van der Waals surface area contributed by atoms with Gasteiger partial charge < -0.3 is 35.3 Å². The van der Waals surface area contributed by atoms with Gasteiger partial charge in [-0.2, -0.15) is 0 Å². The van der Waals surface area contributed by atoms with Crippen molar-refractivity contribution in [1.29, 1.82) is 0 Å². The van der Waals surface area contributed by atoms with Gasteiger partial charge in [0.2, 0.25) is 6.29 Å². The fourth-order valence-corrected chi connectivity index (χ4v) is 2.71. The molecular formula is C19H26FNO8. The highest BCUT2D eigenvalue weighted by molar-refractivity contribution is 5.81. The summed E-state index contributed by atoms with van der Waals surface area (Å²) in [5.74, 6) is -1.24. The van der Waals surface area contributed by atoms with E-state index in [-0.39, 0.29) is 25.4 Å². The summed E-state index contributed by atoms with van der Waals surface area (Å²) in [6.07, 6.45) is -5.52. The van der Waals surface area contributed by atoms with E-state index in [1.54, 1.807) is 0 Å². The van der Waals surface area contributed by atoms with Gasteiger partial charge in [0.25, 0.3) is 0 Å². The quantitative estimate of drug-likeness (QED) is 0.328. The van der Waals surface area contributed by atoms with Crippen LogP contribution in [0.1, 0.15) is 25.3 Å². The molecule has 5 atom stereocenters. The van der Waals surface area contributed by atoms with Gasteiger partial charge in [0.1, 0.15) is 36.3 Å². The second-order valence-electron chi connectivity index (χ2n) is 6.99. The Morgan fingerprint density at radius 3 is 2.48 bits per heavy atom. The van der Waals surface area contributed by atoms with Crippen molar-refractivity contribution in [2.75, 3.05) is 13.3 Å². The van der Waals surface area contributed by atoms with Crippen LogP contribution in [-0.2, 0) is 25.5 Å². The number of hydrogen-bond acceptors (Lipinski definition) is 9. The summed E-state index contributed by atoms with van der Waals surface area (Å²) >= 11 is 0. The fourth-order valence-electron chi connectivity index (χ4n) is 2.71. The van der Waals surface area contributed by atoms with Gasteiger partial charge in [0.15, 0.2) is 0 Å². The fraction of sp³-hybridized carbons (Fsp3) is 0.579. The summed E-state index contributed by atoms with van der Waals surface area (Å²) in [5.41, 5.74) is 4.29. The van der Waals surface area contributed by atoms with E-state index in [1.165, 1.54) is 24.3 Å². The van der Waals surface area contributed by atoms with Crippen LogP contribution in [0.3, 0.4) is 0 Å². The van der Waals surface area contributed by atoms with Crippen LogP contribution in [0, 0.1) is 0 Å². The SMILES string of the molecule is CCCC(=O)Oc1ccc(CC(N)(CF)C(=O)O[C@@H]2OCC(O)[C@H](O)[C@H]2O)cc1. The number of halogens is 1. The molecule has 1 saturated heterocycles. The van der Waals surface area contributed by atoms with Crippen LogP contribution in [0.4, 0.5) is 4.39 Å². The van der Waals surface area contributed by atoms with Gasteiger partial charge in [-0.1, -0.05) is 19.1 Å². The number of carbonyl (C=O) groups is 2. The molecule has 1 aromatic rings. The molecule has 5 N–H and O–H groups in total. The zero-order chi connectivity index (χ0) is 21.6. The molecule has 2 rings (SSSR count). The van der Waals surface area contributed by atoms with Crippen LogP contribution in [0.25, 0.3) is 0 Å². The maximum absolute atomic E-state index is 13.6. The maximum atomic E-state index is 13.6. The summed E-state index contributed by atoms with van der Waals surface area (Å²) in [7, 11) is 0. The zero-order valence-electron chi connectivity index (χ0n) is 16.0. The van der Waals surface area contributed by atoms with Crippen LogP contribution < -0.4 is 10.5 Å². The van der Waals surface area contributed by atoms with Crippen LogP contribution >= 0.6 is 0 Å². The van der Waals surface area contributed by atoms with E-state index in [4.69, 9.17) is 19.9 Å². The molecular weight excluding hydrogens is 389 g/mol. The molecule has 0 aromatic heterocycles. The number of nitrogens with two attached hydrogens (primary N) is 1. The summed E-state index contributed by atoms with van der Waals surface area (Å²) in [5, 5.41) is 28.9. The van der Waals surface area contributed by atoms with E-state index in [0.29, 0.717) is 17.7 Å². The number of ether oxygens (including phenoxy) is 3. The lowest BCUT2D eigenvalue weighted by atomic mass is 9.93. The highest BCUT2D eigenvalue weighted by atomic mass is 19.1. The molecule has 2 unspecified atom stereocenters. The van der Waals surface area contributed by atoms with Crippen molar-refractivity contribution in [2.45, 2.75) is 56.3 Å². The molecule has 29 heavy (non-hydrogen) atoms. The average Bonchev–Trinajstić information content (AvgIpc) is 2.70. The highest BCUT2D eigenvalue weighted by Crippen LogP contribution is 2.22. The summed E-state index contributed by atoms with van der Waals surface area (Å²) in [4.78, 5) is 23.9. The first-order valence-corrected chi connectivity index (χ1v) is 9.21. The Labute approximate surface area is 167 Å². The van der Waals surface area contributed by atoms with Crippen molar-refractivity contribution in [2.24, 2.45) is 5.73 Å². The van der Waals surface area contributed by atoms with Crippen molar-refractivity contribution < 1.29 is 43.5 Å². The monoisotopic (exact) mass is 415 g/mol. The van der Waals surface area contributed by atoms with E-state index >= 15 is 0 Å². The molecule has 0 radical (unpaired) electrons. The smallest absolute Gasteiger partial charge is 0.331 e. The molecule has 10 heteroatoms. The Morgan fingerprint density at radius 2 is 1.90 bits per heavy atom. The summed E-state index contributed by atoms with van der Waals surface area (Å²) in [6.45, 7) is 0.218. The number of carbonyl (C=O) groups excluding carboxylic acids is 2. The summed E-state index contributed by atoms with van der Waals surface area (Å²) in [6, 6.07) is 6.06. The van der Waals surface area contributed by atoms with Gasteiger partial charge in [-0.15, -0.1) is 0 Å². The first-order chi connectivity index (χ1) is 13.7. The molecule has 1 aromatic carbocycles. The topological polar surface area (TPSA) is 149 Å². The average molecular weight is 415 g/mol. The Hall–Kier alpha value is -2.11. The van der Waals surface area contributed by atoms with Gasteiger partial charge >= 0.3 is 11.9 Å². The minimum absolute atomic E-state index is 0.237. The number of benzene rings is 1. The lowest BCUT2D eigenvalue weighted by molar-refractivity contribution is -0.265. The van der Waals surface area contributed by atoms with Crippen LogP contribution in [0.5, 0.6) is 5.75 Å². The van der Waals surface area contributed by atoms with E-state index in [1.807, 2.05) is 6.92 Å². The van der Waals surface area contributed by atoms with Crippen LogP contribution in [-0.4, -0.2) is 70.7 Å². The lowest BCUT2D eigenvalue weighted by Gasteiger charge is -2.36. The van der Waals surface area contributed by atoms with Crippen molar-refractivity contribution in [3.8, 4) is 5.75 Å². The number of esters is 2. The van der Waals surface area contributed by atoms with Gasteiger partial charge in [0, 0.05) is 12.8 Å². The van der Waals surface area contributed by atoms with E-state index in [2.05, 4.69) is 0 Å². The lowest BCUT2D eigenvalue weighted by Crippen LogP contribution is -2.58. The second kappa shape index (κ2) is 10.1. The third-order valence-corrected chi connectivity index (χ3v) is 4.45. The molecule has 1 heterocycles. The minimum Gasteiger partial charge on any atom is -0.431 e. The number of hydrogen-bond donors (Lipinski definition) is 4. The largest absolute Gasteiger partial charge is 0.431 e. The van der Waals surface area contributed by atoms with Crippen LogP contribution in [0.2, 0.25) is 0 Å². The van der Waals surface area contributed by atoms with Gasteiger partial charge in [-0.25, -0.2) is 9.18 Å². The molecule has 1 aliphatic heterocycles. The number of rotatable bonds is 8. The molecule has 162 valence electrons. The Morgan fingerprint density at radius 1 is 1.24 bits per heavy atom. The first-order valence-electron chi connectivity index (χ1n) is 9.21. The maximum Gasteiger partial charge on any atom is 0.331 e. The van der Waals surface area contributed by atoms with Crippen molar-refractivity contribution in [3.63, 3.8) is 0 Å². The number of aliphatic hydroxyl groups excluding tert-OH is 3. The molecule has 0 aliphatic carbocycles. The standard InChI is InChI=1S/C19H26FNO8/c1-2-3-14(23)28-12-6-4-11(5-7-12)8-19(21,10-20)18(26)29-17-16(25)15(24)13(22)9-27-17/h4-7,13,15-17,22,24-25H,2-3,8-10,21H2,1H3/t13?,15-,16+,17-,19?/m0/s1. The van der Waals surface area contributed by atoms with E-state index in [9.17, 15) is 29.3 Å². The Balaban J connectivity index is 2.01. The third kappa shape index (κ3) is 5.94. The van der Waals surface area contributed by atoms with E-state index < -0.39 is 42.8 Å². The third-order valence-electron chi connectivity index (χ3n) is 4.45. The molecule has 9 nitrogen and oxygen atoms in total. The Kier molecular flexibility index (Phi) is 8.05. The minimum atomic E-state index is -2.06. The van der Waals surface area contributed by atoms with Gasteiger partial charge in [-0.05, 0) is 24.1 Å². The second-order valence-corrected chi connectivity index (χ2v) is 6.99. The molecule has 0 bridgehead atoms. The number of aliphatic hydroxyl groups is 3. The zero-order valence-corrected chi connectivity index (χ0v) is 16.0. The van der Waals surface area contributed by atoms with Gasteiger partial charge in [-0.3, -0.25) is 4.79 Å². The predicted molar refractivity (Wildman–Crippen MR) is 97.4 cm³/mol. The molecule has 0 amide bonds. The molecule has 1 aliphatic rings. The first kappa shape index (κ1) is 23.2. The Bertz CT molecular complexity index is 700. The predicted octanol–water partition coefficient (Wildman–Crippen LogP) is -0.416. The summed E-state index contributed by atoms with van der Waals surface area (Å²) < 4.78 is 28.7. The highest BCUT2D eigenvalue weighted by Gasteiger charge is 2.44. The number of alkyl halides is 1. The normalized spacial score (nSPS) is 26.4. The van der Waals surface area contributed by atoms with Crippen molar-refractivity contribution in [3.05, 3.63) is 29.8 Å². The molecule has 0 saturated carbocycles. The van der Waals surface area contributed by atoms with Crippen molar-refractivity contribution >= 4 is 11.9 Å².